The number of methoxy groups -OCH3 is 1. The number of likely N-dealkylation sites (tertiary alicyclic amines) is 1. The van der Waals surface area contributed by atoms with E-state index in [1.165, 1.54) is 6.07 Å². The molecule has 1 fully saturated rings. The Kier molecular flexibility index (Phi) is 5.23. The highest BCUT2D eigenvalue weighted by atomic mass is 19.1. The van der Waals surface area contributed by atoms with Gasteiger partial charge in [-0.15, -0.1) is 0 Å². The number of carbonyl (C=O) groups is 1. The second-order valence-electron chi connectivity index (χ2n) is 7.72. The molecule has 1 atom stereocenters. The average Bonchev–Trinajstić information content (AvgIpc) is 3.47. The Morgan fingerprint density at radius 2 is 1.91 bits per heavy atom. The summed E-state index contributed by atoms with van der Waals surface area (Å²) in [7, 11) is 1.64. The van der Waals surface area contributed by atoms with Crippen molar-refractivity contribution < 1.29 is 18.3 Å². The Labute approximate surface area is 184 Å². The lowest BCUT2D eigenvalue weighted by molar-refractivity contribution is 0.198. The van der Waals surface area contributed by atoms with Gasteiger partial charge < -0.3 is 19.4 Å². The number of rotatable bonds is 4. The summed E-state index contributed by atoms with van der Waals surface area (Å²) in [5.74, 6) is 0.825. The maximum atomic E-state index is 13.9. The fourth-order valence-corrected chi connectivity index (χ4v) is 4.07. The summed E-state index contributed by atoms with van der Waals surface area (Å²) in [4.78, 5) is 19.2. The Bertz CT molecular complexity index is 1270. The standard InChI is InChI=1S/C25H22FN3O3/c1-31-18-11-8-16(9-12-18)17-10-13-23-21(15-17)27-24(32-23)22-7-4-14-29(22)25(30)28-20-6-3-2-5-19(20)26/h2-3,5-6,8-13,15,22H,4,7,14H2,1H3,(H,28,30)/t22-/m1/s1. The molecule has 4 aromatic rings. The molecule has 2 heterocycles. The van der Waals surface area contributed by atoms with E-state index < -0.39 is 5.82 Å². The maximum absolute atomic E-state index is 13.9. The van der Waals surface area contributed by atoms with Crippen molar-refractivity contribution in [2.24, 2.45) is 0 Å². The summed E-state index contributed by atoms with van der Waals surface area (Å²) in [6.45, 7) is 0.556. The topological polar surface area (TPSA) is 67.6 Å². The van der Waals surface area contributed by atoms with Crippen LogP contribution in [0.25, 0.3) is 22.2 Å². The molecule has 32 heavy (non-hydrogen) atoms. The van der Waals surface area contributed by atoms with Gasteiger partial charge in [0.2, 0.25) is 5.89 Å². The summed E-state index contributed by atoms with van der Waals surface area (Å²) in [5.41, 5.74) is 3.61. The van der Waals surface area contributed by atoms with Crippen LogP contribution in [-0.4, -0.2) is 29.6 Å². The first kappa shape index (κ1) is 20.1. The lowest BCUT2D eigenvalue weighted by Gasteiger charge is -2.22. The van der Waals surface area contributed by atoms with Crippen molar-refractivity contribution in [1.29, 1.82) is 0 Å². The van der Waals surface area contributed by atoms with E-state index in [0.29, 0.717) is 18.0 Å². The number of carbonyl (C=O) groups excluding carboxylic acids is 1. The molecule has 7 heteroatoms. The largest absolute Gasteiger partial charge is 0.497 e. The van der Waals surface area contributed by atoms with E-state index in [0.717, 1.165) is 35.2 Å². The SMILES string of the molecule is COc1ccc(-c2ccc3oc([C@H]4CCCN4C(=O)Nc4ccccc4F)nc3c2)cc1. The van der Waals surface area contributed by atoms with Gasteiger partial charge in [-0.1, -0.05) is 30.3 Å². The summed E-state index contributed by atoms with van der Waals surface area (Å²) < 4.78 is 25.2. The summed E-state index contributed by atoms with van der Waals surface area (Å²) >= 11 is 0. The minimum Gasteiger partial charge on any atom is -0.497 e. The summed E-state index contributed by atoms with van der Waals surface area (Å²) in [5, 5.41) is 2.66. The number of fused-ring (bicyclic) bond motifs is 1. The number of anilines is 1. The minimum atomic E-state index is -0.468. The highest BCUT2D eigenvalue weighted by Crippen LogP contribution is 2.35. The van der Waals surface area contributed by atoms with Gasteiger partial charge in [0.15, 0.2) is 5.58 Å². The van der Waals surface area contributed by atoms with Crippen molar-refractivity contribution in [2.45, 2.75) is 18.9 Å². The van der Waals surface area contributed by atoms with E-state index in [-0.39, 0.29) is 17.8 Å². The number of urea groups is 1. The molecule has 1 aliphatic rings. The van der Waals surface area contributed by atoms with Crippen LogP contribution in [0.1, 0.15) is 24.8 Å². The molecule has 0 spiro atoms. The molecule has 1 N–H and O–H groups in total. The predicted octanol–water partition coefficient (Wildman–Crippen LogP) is 6.01. The Morgan fingerprint density at radius 1 is 1.12 bits per heavy atom. The number of para-hydroxylation sites is 1. The summed E-state index contributed by atoms with van der Waals surface area (Å²) in [6.07, 6.45) is 1.56. The van der Waals surface area contributed by atoms with Gasteiger partial charge in [-0.25, -0.2) is 14.2 Å². The van der Waals surface area contributed by atoms with Crippen LogP contribution in [0, 0.1) is 5.82 Å². The highest BCUT2D eigenvalue weighted by molar-refractivity contribution is 5.90. The number of halogens is 1. The van der Waals surface area contributed by atoms with Crippen molar-refractivity contribution in [3.63, 3.8) is 0 Å². The zero-order valence-corrected chi connectivity index (χ0v) is 17.5. The first-order chi connectivity index (χ1) is 15.6. The predicted molar refractivity (Wildman–Crippen MR) is 120 cm³/mol. The lowest BCUT2D eigenvalue weighted by Crippen LogP contribution is -2.34. The number of nitrogens with one attached hydrogen (secondary N) is 1. The molecule has 162 valence electrons. The van der Waals surface area contributed by atoms with Crippen LogP contribution in [0.3, 0.4) is 0 Å². The smallest absolute Gasteiger partial charge is 0.322 e. The molecule has 6 nitrogen and oxygen atoms in total. The fraction of sp³-hybridized carbons (Fsp3) is 0.200. The Balaban J connectivity index is 1.39. The molecule has 1 saturated heterocycles. The third-order valence-electron chi connectivity index (χ3n) is 5.74. The number of hydrogen-bond acceptors (Lipinski definition) is 4. The zero-order valence-electron chi connectivity index (χ0n) is 17.5. The number of amides is 2. The minimum absolute atomic E-state index is 0.157. The fourth-order valence-electron chi connectivity index (χ4n) is 4.07. The quantitative estimate of drug-likeness (QED) is 0.430. The Hall–Kier alpha value is -3.87. The summed E-state index contributed by atoms with van der Waals surface area (Å²) in [6, 6.07) is 19.1. The number of hydrogen-bond donors (Lipinski definition) is 1. The number of ether oxygens (including phenoxy) is 1. The highest BCUT2D eigenvalue weighted by Gasteiger charge is 2.34. The number of aromatic nitrogens is 1. The van der Waals surface area contributed by atoms with Crippen LogP contribution in [0.5, 0.6) is 5.75 Å². The Morgan fingerprint density at radius 3 is 2.69 bits per heavy atom. The van der Waals surface area contributed by atoms with E-state index in [1.54, 1.807) is 30.2 Å². The normalized spacial score (nSPS) is 15.8. The van der Waals surface area contributed by atoms with Crippen LogP contribution < -0.4 is 10.1 Å². The molecule has 5 rings (SSSR count). The van der Waals surface area contributed by atoms with Crippen LogP contribution in [0.15, 0.2) is 71.1 Å². The molecular formula is C25H22FN3O3. The van der Waals surface area contributed by atoms with Gasteiger partial charge >= 0.3 is 6.03 Å². The van der Waals surface area contributed by atoms with Gasteiger partial charge in [0.05, 0.1) is 12.8 Å². The number of oxazole rings is 1. The molecule has 2 amide bonds. The van der Waals surface area contributed by atoms with Crippen molar-refractivity contribution in [2.75, 3.05) is 19.0 Å². The van der Waals surface area contributed by atoms with Gasteiger partial charge in [0.25, 0.3) is 0 Å². The van der Waals surface area contributed by atoms with Gasteiger partial charge in [-0.05, 0) is 60.4 Å². The molecular weight excluding hydrogens is 409 g/mol. The second-order valence-corrected chi connectivity index (χ2v) is 7.72. The zero-order chi connectivity index (χ0) is 22.1. The van der Waals surface area contributed by atoms with E-state index >= 15 is 0 Å². The molecule has 0 saturated carbocycles. The number of benzene rings is 3. The van der Waals surface area contributed by atoms with Crippen LogP contribution in [0.2, 0.25) is 0 Å². The second kappa shape index (κ2) is 8.34. The van der Waals surface area contributed by atoms with Crippen LogP contribution in [-0.2, 0) is 0 Å². The lowest BCUT2D eigenvalue weighted by atomic mass is 10.1. The van der Waals surface area contributed by atoms with E-state index in [1.807, 2.05) is 42.5 Å². The van der Waals surface area contributed by atoms with E-state index in [2.05, 4.69) is 10.3 Å². The van der Waals surface area contributed by atoms with Gasteiger partial charge in [0.1, 0.15) is 23.1 Å². The molecule has 0 radical (unpaired) electrons. The molecule has 0 bridgehead atoms. The van der Waals surface area contributed by atoms with Gasteiger partial charge in [-0.3, -0.25) is 0 Å². The van der Waals surface area contributed by atoms with Crippen molar-refractivity contribution in [1.82, 2.24) is 9.88 Å². The molecule has 1 aliphatic heterocycles. The molecule has 0 aliphatic carbocycles. The molecule has 0 unspecified atom stereocenters. The van der Waals surface area contributed by atoms with E-state index in [4.69, 9.17) is 9.15 Å². The first-order valence-corrected chi connectivity index (χ1v) is 10.5. The van der Waals surface area contributed by atoms with Crippen molar-refractivity contribution in [3.8, 4) is 16.9 Å². The van der Waals surface area contributed by atoms with Crippen molar-refractivity contribution >= 4 is 22.8 Å². The monoisotopic (exact) mass is 431 g/mol. The number of nitrogens with zero attached hydrogens (tertiary/aromatic N) is 2. The first-order valence-electron chi connectivity index (χ1n) is 10.5. The molecule has 3 aromatic carbocycles. The third-order valence-corrected chi connectivity index (χ3v) is 5.74. The van der Waals surface area contributed by atoms with Crippen LogP contribution >= 0.6 is 0 Å². The average molecular weight is 431 g/mol. The van der Waals surface area contributed by atoms with Gasteiger partial charge in [0, 0.05) is 6.54 Å². The maximum Gasteiger partial charge on any atom is 0.322 e. The van der Waals surface area contributed by atoms with Crippen molar-refractivity contribution in [3.05, 3.63) is 78.4 Å². The van der Waals surface area contributed by atoms with Gasteiger partial charge in [-0.2, -0.15) is 0 Å². The van der Waals surface area contributed by atoms with E-state index in [9.17, 15) is 9.18 Å². The molecule has 1 aromatic heterocycles. The third kappa shape index (κ3) is 3.77. The van der Waals surface area contributed by atoms with Crippen LogP contribution in [0.4, 0.5) is 14.9 Å².